The number of hydrogen-bond acceptors (Lipinski definition) is 5. The molecule has 1 saturated heterocycles. The summed E-state index contributed by atoms with van der Waals surface area (Å²) in [7, 11) is -0.204. The molecule has 0 aromatic rings. The summed E-state index contributed by atoms with van der Waals surface area (Å²) in [6.45, 7) is 9.37. The third-order valence-electron chi connectivity index (χ3n) is 14.1. The maximum absolute atomic E-state index is 15.2. The van der Waals surface area contributed by atoms with Gasteiger partial charge in [-0.05, 0) is 99.1 Å². The van der Waals surface area contributed by atoms with Gasteiger partial charge in [0.15, 0.2) is 5.60 Å². The van der Waals surface area contributed by atoms with Crippen LogP contribution in [0.15, 0.2) is 11.3 Å². The number of ether oxygens (including phenoxy) is 2. The van der Waals surface area contributed by atoms with Crippen LogP contribution in [0.3, 0.4) is 0 Å². The summed E-state index contributed by atoms with van der Waals surface area (Å²) >= 11 is 2.62. The molecule has 2 heterocycles. The van der Waals surface area contributed by atoms with Crippen molar-refractivity contribution in [2.24, 2.45) is 17.8 Å². The van der Waals surface area contributed by atoms with E-state index in [0.29, 0.717) is 40.4 Å². The summed E-state index contributed by atoms with van der Waals surface area (Å²) < 4.78 is 13.9. The van der Waals surface area contributed by atoms with Gasteiger partial charge in [0, 0.05) is 42.3 Å². The van der Waals surface area contributed by atoms with Crippen molar-refractivity contribution >= 4 is 42.5 Å². The molecule has 6 aliphatic rings. The van der Waals surface area contributed by atoms with E-state index in [0.717, 1.165) is 51.6 Å². The zero-order valence-corrected chi connectivity index (χ0v) is 33.7. The molecule has 1 spiro atoms. The van der Waals surface area contributed by atoms with Crippen molar-refractivity contribution in [2.45, 2.75) is 168 Å². The van der Waals surface area contributed by atoms with Crippen LogP contribution in [0, 0.1) is 17.8 Å². The maximum Gasteiger partial charge on any atom is 0.263 e. The lowest BCUT2D eigenvalue weighted by atomic mass is 9.78. The fourth-order valence-corrected chi connectivity index (χ4v) is 17.7. The molecule has 6 atom stereocenters. The zero-order valence-electron chi connectivity index (χ0n) is 30.5. The van der Waals surface area contributed by atoms with Crippen LogP contribution in [-0.2, 0) is 19.1 Å². The van der Waals surface area contributed by atoms with E-state index in [-0.39, 0.29) is 36.0 Å². The van der Waals surface area contributed by atoms with Crippen molar-refractivity contribution in [3.63, 3.8) is 0 Å². The van der Waals surface area contributed by atoms with Gasteiger partial charge in [-0.2, -0.15) is 0 Å². The van der Waals surface area contributed by atoms with Gasteiger partial charge in [0.2, 0.25) is 5.91 Å². The summed E-state index contributed by atoms with van der Waals surface area (Å²) in [6, 6.07) is 0. The average molecular weight is 797 g/mol. The number of carbonyl (C=O) groups is 2. The van der Waals surface area contributed by atoms with E-state index in [1.54, 1.807) is 0 Å². The predicted octanol–water partition coefficient (Wildman–Crippen LogP) is 8.25. The summed E-state index contributed by atoms with van der Waals surface area (Å²) in [5.41, 5.74) is 2.46. The fraction of sp³-hybridized carbons (Fsp3) is 0.897. The molecule has 4 fully saturated rings. The van der Waals surface area contributed by atoms with Crippen LogP contribution in [0.25, 0.3) is 0 Å². The molecule has 272 valence electrons. The lowest BCUT2D eigenvalue weighted by Crippen LogP contribution is -2.50. The smallest absolute Gasteiger partial charge is 0.263 e. The highest BCUT2D eigenvalue weighted by Gasteiger charge is 2.67. The van der Waals surface area contributed by atoms with Crippen LogP contribution < -0.4 is 0 Å². The topological polar surface area (TPSA) is 79.3 Å². The summed E-state index contributed by atoms with van der Waals surface area (Å²) in [4.78, 5) is 33.7. The molecule has 2 aliphatic heterocycles. The third kappa shape index (κ3) is 7.38. The molecule has 48 heavy (non-hydrogen) atoms. The zero-order chi connectivity index (χ0) is 34.1. The molecule has 6 rings (SSSR count). The van der Waals surface area contributed by atoms with Crippen molar-refractivity contribution < 1.29 is 24.2 Å². The van der Waals surface area contributed by atoms with Gasteiger partial charge < -0.3 is 24.4 Å². The quantitative estimate of drug-likeness (QED) is 0.130. The highest BCUT2D eigenvalue weighted by molar-refractivity contribution is 14.1. The number of carbonyl (C=O) groups excluding carboxylic acids is 2. The second-order valence-electron chi connectivity index (χ2n) is 17.2. The van der Waals surface area contributed by atoms with E-state index in [4.69, 9.17) is 9.47 Å². The van der Waals surface area contributed by atoms with Crippen molar-refractivity contribution in [3.8, 4) is 0 Å². The molecule has 4 aliphatic carbocycles. The number of halogens is 1. The molecule has 0 aromatic carbocycles. The van der Waals surface area contributed by atoms with E-state index >= 15 is 4.79 Å². The SMILES string of the molecule is COC1CCC([Si](C)(C)[C@@H]2[C@@H](CC(=O)N(CCO)CC3CCCCC3)O[C@]3(C(=O)N(CC4CCCC(I)C4)C4=C3CCCC4)[C@H]2C)CC1. The summed E-state index contributed by atoms with van der Waals surface area (Å²) in [6.07, 6.45) is 20.1. The number of amides is 2. The highest BCUT2D eigenvalue weighted by atomic mass is 127. The molecule has 0 aromatic heterocycles. The van der Waals surface area contributed by atoms with Gasteiger partial charge in [-0.3, -0.25) is 9.59 Å². The van der Waals surface area contributed by atoms with Crippen LogP contribution in [0.4, 0.5) is 0 Å². The van der Waals surface area contributed by atoms with Crippen molar-refractivity contribution in [1.82, 2.24) is 9.80 Å². The molecular formula is C39H65IN2O5Si. The number of hydrogen-bond donors (Lipinski definition) is 1. The van der Waals surface area contributed by atoms with Crippen LogP contribution in [-0.4, -0.2) is 89.9 Å². The Labute approximate surface area is 305 Å². The van der Waals surface area contributed by atoms with Gasteiger partial charge in [-0.25, -0.2) is 0 Å². The third-order valence-corrected chi connectivity index (χ3v) is 20.5. The number of allylic oxidation sites excluding steroid dienone is 1. The van der Waals surface area contributed by atoms with Crippen LogP contribution >= 0.6 is 22.6 Å². The van der Waals surface area contributed by atoms with E-state index < -0.39 is 13.7 Å². The normalized spacial score (nSPS) is 36.6. The number of methoxy groups -OCH3 is 1. The standard InChI is InChI=1S/C39H65IN2O5Si/c1-27-37(48(3,4)32-19-17-31(46-2)18-20-32)35(24-36(44)41(21-22-43)25-28-11-6-5-7-12-28)47-39(27)33-15-8-9-16-34(33)42(38(39)45)26-29-13-10-14-30(40)23-29/h27-32,35,37,43H,5-26H2,1-4H3/t27-,29?,30?,31?,32?,35+,37-,39+/m0/s1. The number of nitrogens with zero attached hydrogens (tertiary/aromatic N) is 2. The maximum atomic E-state index is 15.2. The van der Waals surface area contributed by atoms with Gasteiger partial charge in [0.05, 0.1) is 33.3 Å². The Hall–Kier alpha value is -0.493. The number of fused-ring (bicyclic) bond motifs is 1. The summed E-state index contributed by atoms with van der Waals surface area (Å²) in [5, 5.41) is 10.0. The molecule has 1 N–H and O–H groups in total. The van der Waals surface area contributed by atoms with Crippen molar-refractivity contribution in [1.29, 1.82) is 0 Å². The molecule has 2 amide bonds. The van der Waals surface area contributed by atoms with Crippen LogP contribution in [0.5, 0.6) is 0 Å². The number of alkyl halides is 1. The summed E-state index contributed by atoms with van der Waals surface area (Å²) in [5.74, 6) is 1.42. The lowest BCUT2D eigenvalue weighted by molar-refractivity contribution is -0.152. The second kappa shape index (κ2) is 16.0. The molecule has 7 nitrogen and oxygen atoms in total. The predicted molar refractivity (Wildman–Crippen MR) is 203 cm³/mol. The Kier molecular flexibility index (Phi) is 12.4. The van der Waals surface area contributed by atoms with Gasteiger partial charge in [0.1, 0.15) is 0 Å². The number of aliphatic hydroxyl groups is 1. The Bertz CT molecular complexity index is 1170. The van der Waals surface area contributed by atoms with E-state index in [2.05, 4.69) is 47.5 Å². The number of rotatable bonds is 11. The van der Waals surface area contributed by atoms with E-state index in [1.165, 1.54) is 81.9 Å². The minimum Gasteiger partial charge on any atom is -0.395 e. The minimum atomic E-state index is -2.05. The Balaban J connectivity index is 1.32. The van der Waals surface area contributed by atoms with Gasteiger partial charge in [-0.15, -0.1) is 0 Å². The molecule has 9 heteroatoms. The molecular weight excluding hydrogens is 731 g/mol. The molecule has 0 radical (unpaired) electrons. The van der Waals surface area contributed by atoms with Gasteiger partial charge in [-0.1, -0.05) is 81.1 Å². The molecule has 3 saturated carbocycles. The molecule has 2 unspecified atom stereocenters. The second-order valence-corrected chi connectivity index (χ2v) is 24.1. The minimum absolute atomic E-state index is 0.0142. The Morgan fingerprint density at radius 2 is 1.71 bits per heavy atom. The highest BCUT2D eigenvalue weighted by Crippen LogP contribution is 2.61. The van der Waals surface area contributed by atoms with Crippen molar-refractivity contribution in [3.05, 3.63) is 11.3 Å². The first-order valence-corrected chi connectivity index (χ1v) is 24.3. The van der Waals surface area contributed by atoms with E-state index in [1.807, 2.05) is 12.0 Å². The van der Waals surface area contributed by atoms with E-state index in [9.17, 15) is 9.90 Å². The first-order valence-electron chi connectivity index (χ1n) is 19.9. The van der Waals surface area contributed by atoms with Crippen molar-refractivity contribution in [2.75, 3.05) is 33.4 Å². The first-order chi connectivity index (χ1) is 23.1. The lowest BCUT2D eigenvalue weighted by Gasteiger charge is -2.45. The average Bonchev–Trinajstić information content (AvgIpc) is 3.51. The van der Waals surface area contributed by atoms with Crippen LogP contribution in [0.1, 0.15) is 122 Å². The number of aliphatic hydroxyl groups excluding tert-OH is 1. The fourth-order valence-electron chi connectivity index (χ4n) is 11.5. The molecule has 0 bridgehead atoms. The first kappa shape index (κ1) is 37.3. The Morgan fingerprint density at radius 3 is 2.40 bits per heavy atom. The van der Waals surface area contributed by atoms with Gasteiger partial charge in [0.25, 0.3) is 5.91 Å². The monoisotopic (exact) mass is 796 g/mol. The van der Waals surface area contributed by atoms with Crippen LogP contribution in [0.2, 0.25) is 24.2 Å². The Morgan fingerprint density at radius 1 is 1.00 bits per heavy atom. The van der Waals surface area contributed by atoms with Gasteiger partial charge >= 0.3 is 0 Å². The largest absolute Gasteiger partial charge is 0.395 e.